The molecule has 1 unspecified atom stereocenters. The van der Waals surface area contributed by atoms with Gasteiger partial charge < -0.3 is 13.8 Å². The lowest BCUT2D eigenvalue weighted by Crippen LogP contribution is -2.54. The Morgan fingerprint density at radius 1 is 0.957 bits per heavy atom. The maximum atomic E-state index is 12.4. The maximum absolute atomic E-state index is 12.4. The van der Waals surface area contributed by atoms with E-state index in [0.717, 1.165) is 18.1 Å². The highest BCUT2D eigenvalue weighted by atomic mass is 33.1. The molecule has 138 valence electrons. The highest BCUT2D eigenvalue weighted by Gasteiger charge is 2.30. The minimum atomic E-state index is -1.85. The Labute approximate surface area is 154 Å². The summed E-state index contributed by atoms with van der Waals surface area (Å²) in [5.41, 5.74) is 0. The fourth-order valence-corrected chi connectivity index (χ4v) is 6.62. The summed E-state index contributed by atoms with van der Waals surface area (Å²) >= 11 is 0. The van der Waals surface area contributed by atoms with Crippen LogP contribution in [0, 0.1) is 0 Å². The summed E-state index contributed by atoms with van der Waals surface area (Å²) in [6.07, 6.45) is 0. The summed E-state index contributed by atoms with van der Waals surface area (Å²) in [6.45, 7) is 20.2. The number of hydrogen-bond acceptors (Lipinski definition) is 6. The molecule has 0 bridgehead atoms. The van der Waals surface area contributed by atoms with Gasteiger partial charge in [0.1, 0.15) is 14.3 Å². The molecule has 0 aromatic carbocycles. The van der Waals surface area contributed by atoms with E-state index in [4.69, 9.17) is 8.85 Å². The predicted molar refractivity (Wildman–Crippen MR) is 114 cm³/mol. The summed E-state index contributed by atoms with van der Waals surface area (Å²) in [4.78, 5) is 15.9. The molecule has 0 amide bonds. The van der Waals surface area contributed by atoms with E-state index in [2.05, 4.69) is 44.3 Å². The van der Waals surface area contributed by atoms with Gasteiger partial charge in [-0.3, -0.25) is 4.79 Å². The molecular weight excluding hydrogens is 379 g/mol. The normalized spacial score (nSPS) is 14.7. The fourth-order valence-electron chi connectivity index (χ4n) is 1.62. The second-order valence-corrected chi connectivity index (χ2v) is 24.9. The van der Waals surface area contributed by atoms with Gasteiger partial charge in [0.2, 0.25) is 8.32 Å². The van der Waals surface area contributed by atoms with Crippen molar-refractivity contribution in [1.82, 2.24) is 4.98 Å². The number of hydrogen-bond donors (Lipinski definition) is 1. The van der Waals surface area contributed by atoms with Crippen LogP contribution in [-0.4, -0.2) is 55.0 Å². The van der Waals surface area contributed by atoms with Crippen molar-refractivity contribution in [2.24, 2.45) is 0 Å². The molecular formula is C14H35NO3S2Si3. The number of carbonyl (C=O) groups is 1. The Hall–Kier alpha value is 0.741. The lowest BCUT2D eigenvalue weighted by atomic mass is 10.4. The van der Waals surface area contributed by atoms with E-state index >= 15 is 0 Å². The zero-order valence-corrected chi connectivity index (χ0v) is 20.9. The Balaban J connectivity index is 4.30. The molecule has 9 heteroatoms. The minimum absolute atomic E-state index is 0.0851. The molecule has 23 heavy (non-hydrogen) atoms. The van der Waals surface area contributed by atoms with Gasteiger partial charge >= 0.3 is 5.97 Å². The molecule has 0 aromatic rings. The highest BCUT2D eigenvalue weighted by Crippen LogP contribution is 2.23. The summed E-state index contributed by atoms with van der Waals surface area (Å²) in [5, 5.41) is 0. The van der Waals surface area contributed by atoms with Gasteiger partial charge in [0.15, 0.2) is 8.32 Å². The first-order valence-corrected chi connectivity index (χ1v) is 20.9. The van der Waals surface area contributed by atoms with Crippen LogP contribution in [0.4, 0.5) is 0 Å². The van der Waals surface area contributed by atoms with Gasteiger partial charge in [0.05, 0.1) is 0 Å². The molecule has 0 radical (unpaired) electrons. The molecule has 0 fully saturated rings. The topological polar surface area (TPSA) is 47.6 Å². The van der Waals surface area contributed by atoms with Crippen molar-refractivity contribution in [3.63, 3.8) is 0 Å². The SMILES string of the molecule is C[Si](C)(C)NC(CSSCCO[Si](C)(C)C)C(=O)O[Si](C)(C)C. The quantitative estimate of drug-likeness (QED) is 0.308. The summed E-state index contributed by atoms with van der Waals surface area (Å²) < 4.78 is 11.5. The fraction of sp³-hybridized carbons (Fsp3) is 0.929. The van der Waals surface area contributed by atoms with E-state index in [0.29, 0.717) is 0 Å². The average molecular weight is 414 g/mol. The molecule has 1 N–H and O–H groups in total. The summed E-state index contributed by atoms with van der Waals surface area (Å²) in [6, 6.07) is -0.205. The molecule has 0 aliphatic rings. The molecule has 0 spiro atoms. The molecule has 0 aromatic heterocycles. The van der Waals surface area contributed by atoms with E-state index in [1.54, 1.807) is 21.6 Å². The third-order valence-corrected chi connectivity index (χ3v) is 7.79. The van der Waals surface area contributed by atoms with Gasteiger partial charge in [-0.1, -0.05) is 41.2 Å². The maximum Gasteiger partial charge on any atom is 0.310 e. The molecule has 0 aliphatic heterocycles. The van der Waals surface area contributed by atoms with Crippen LogP contribution in [-0.2, 0) is 13.6 Å². The van der Waals surface area contributed by atoms with E-state index in [1.165, 1.54) is 0 Å². The van der Waals surface area contributed by atoms with Crippen molar-refractivity contribution in [3.8, 4) is 0 Å². The first kappa shape index (κ1) is 23.7. The van der Waals surface area contributed by atoms with Crippen LogP contribution in [0.25, 0.3) is 0 Å². The molecule has 0 heterocycles. The van der Waals surface area contributed by atoms with Gasteiger partial charge in [0.25, 0.3) is 0 Å². The zero-order valence-electron chi connectivity index (χ0n) is 16.2. The first-order valence-electron chi connectivity index (χ1n) is 8.08. The first-order chi connectivity index (χ1) is 10.2. The lowest BCUT2D eigenvalue weighted by molar-refractivity contribution is -0.136. The highest BCUT2D eigenvalue weighted by molar-refractivity contribution is 8.76. The van der Waals surface area contributed by atoms with Gasteiger partial charge in [-0.05, 0) is 39.3 Å². The second-order valence-electron chi connectivity index (χ2n) is 8.55. The van der Waals surface area contributed by atoms with Crippen molar-refractivity contribution in [1.29, 1.82) is 0 Å². The standard InChI is InChI=1S/C14H35NO3S2Si3/c1-21(2,3)15-13(14(16)18-23(7,8)9)12-20-19-11-10-17-22(4,5)6/h13,15H,10-12H2,1-9H3. The average Bonchev–Trinajstić information content (AvgIpc) is 2.26. The monoisotopic (exact) mass is 413 g/mol. The minimum Gasteiger partial charge on any atom is -0.519 e. The van der Waals surface area contributed by atoms with Crippen LogP contribution in [0.3, 0.4) is 0 Å². The lowest BCUT2D eigenvalue weighted by Gasteiger charge is -2.28. The Morgan fingerprint density at radius 2 is 1.52 bits per heavy atom. The van der Waals surface area contributed by atoms with Crippen molar-refractivity contribution in [3.05, 3.63) is 0 Å². The van der Waals surface area contributed by atoms with E-state index in [1.807, 2.05) is 19.6 Å². The van der Waals surface area contributed by atoms with Crippen LogP contribution < -0.4 is 4.98 Å². The van der Waals surface area contributed by atoms with Crippen molar-refractivity contribution >= 4 is 52.4 Å². The van der Waals surface area contributed by atoms with Crippen molar-refractivity contribution < 1.29 is 13.6 Å². The largest absolute Gasteiger partial charge is 0.519 e. The second kappa shape index (κ2) is 10.0. The van der Waals surface area contributed by atoms with Crippen LogP contribution in [0.15, 0.2) is 0 Å². The smallest absolute Gasteiger partial charge is 0.310 e. The van der Waals surface area contributed by atoms with Gasteiger partial charge in [0, 0.05) is 18.1 Å². The van der Waals surface area contributed by atoms with E-state index < -0.39 is 24.9 Å². The number of rotatable bonds is 11. The molecule has 0 saturated heterocycles. The Kier molecular flexibility index (Phi) is 10.3. The summed E-state index contributed by atoms with van der Waals surface area (Å²) in [5.74, 6) is 1.61. The summed E-state index contributed by atoms with van der Waals surface area (Å²) in [7, 11) is -1.29. The Bertz CT molecular complexity index is 366. The third kappa shape index (κ3) is 16.0. The molecule has 1 atom stereocenters. The van der Waals surface area contributed by atoms with Gasteiger partial charge in [-0.2, -0.15) is 0 Å². The molecule has 4 nitrogen and oxygen atoms in total. The number of carbonyl (C=O) groups excluding carboxylic acids is 1. The van der Waals surface area contributed by atoms with Crippen molar-refractivity contribution in [2.75, 3.05) is 18.1 Å². The van der Waals surface area contributed by atoms with E-state index in [-0.39, 0.29) is 12.0 Å². The Morgan fingerprint density at radius 3 is 1.96 bits per heavy atom. The molecule has 0 rings (SSSR count). The van der Waals surface area contributed by atoms with Gasteiger partial charge in [-0.25, -0.2) is 0 Å². The molecule has 0 aliphatic carbocycles. The van der Waals surface area contributed by atoms with Crippen LogP contribution in [0.1, 0.15) is 0 Å². The van der Waals surface area contributed by atoms with Crippen molar-refractivity contribution in [2.45, 2.75) is 65.0 Å². The third-order valence-electron chi connectivity index (χ3n) is 2.32. The van der Waals surface area contributed by atoms with E-state index in [9.17, 15) is 4.79 Å². The van der Waals surface area contributed by atoms with Crippen LogP contribution >= 0.6 is 21.6 Å². The van der Waals surface area contributed by atoms with Crippen LogP contribution in [0.5, 0.6) is 0 Å². The van der Waals surface area contributed by atoms with Crippen LogP contribution in [0.2, 0.25) is 58.9 Å². The zero-order chi connectivity index (χ0) is 18.3. The number of nitrogens with one attached hydrogen (secondary N) is 1. The molecule has 0 saturated carbocycles. The predicted octanol–water partition coefficient (Wildman–Crippen LogP) is 4.39. The van der Waals surface area contributed by atoms with Gasteiger partial charge in [-0.15, -0.1) is 0 Å².